The molecule has 1 saturated carbocycles. The average molecular weight is 292 g/mol. The smallest absolute Gasteiger partial charge is 0.226 e. The van der Waals surface area contributed by atoms with Crippen LogP contribution in [0.3, 0.4) is 0 Å². The van der Waals surface area contributed by atoms with Crippen LogP contribution in [-0.4, -0.2) is 29.3 Å². The van der Waals surface area contributed by atoms with Crippen molar-refractivity contribution < 1.29 is 4.79 Å². The lowest BCUT2D eigenvalue weighted by molar-refractivity contribution is -0.128. The van der Waals surface area contributed by atoms with Gasteiger partial charge in [0, 0.05) is 26.3 Å². The zero-order chi connectivity index (χ0) is 15.3. The maximum absolute atomic E-state index is 11.7. The molecule has 1 aromatic rings. The van der Waals surface area contributed by atoms with E-state index in [1.54, 1.807) is 7.05 Å². The molecule has 1 fully saturated rings. The average Bonchev–Trinajstić information content (AvgIpc) is 2.96. The summed E-state index contributed by atoms with van der Waals surface area (Å²) in [5.41, 5.74) is 0.647. The highest BCUT2D eigenvalue weighted by molar-refractivity contribution is 5.81. The number of nitrogens with one attached hydrogen (secondary N) is 2. The van der Waals surface area contributed by atoms with E-state index >= 15 is 0 Å². The summed E-state index contributed by atoms with van der Waals surface area (Å²) in [6, 6.07) is 2.66. The second-order valence-corrected chi connectivity index (χ2v) is 6.65. The van der Waals surface area contributed by atoms with Crippen LogP contribution in [0.2, 0.25) is 0 Å². The van der Waals surface area contributed by atoms with Gasteiger partial charge in [-0.3, -0.25) is 9.48 Å². The summed E-state index contributed by atoms with van der Waals surface area (Å²) in [5.74, 6) is 0.0581. The lowest BCUT2D eigenvalue weighted by atomic mass is 9.92. The number of hydrogen-bond acceptors (Lipinski definition) is 3. The molecule has 0 aliphatic heterocycles. The van der Waals surface area contributed by atoms with Crippen molar-refractivity contribution >= 4 is 5.91 Å². The molecular formula is C16H28N4O. The normalized spacial score (nSPS) is 16.9. The van der Waals surface area contributed by atoms with E-state index in [2.05, 4.69) is 32.7 Å². The van der Waals surface area contributed by atoms with Crippen LogP contribution in [0.25, 0.3) is 0 Å². The molecule has 0 unspecified atom stereocenters. The SMILES string of the molecule is CNC(=O)C(C)(C)CNCc1ccn(C2CCCCC2)n1. The Balaban J connectivity index is 1.81. The molecule has 0 aromatic carbocycles. The minimum Gasteiger partial charge on any atom is -0.359 e. The molecule has 1 amide bonds. The fraction of sp³-hybridized carbons (Fsp3) is 0.750. The van der Waals surface area contributed by atoms with Crippen molar-refractivity contribution in [2.45, 2.75) is 58.5 Å². The molecule has 21 heavy (non-hydrogen) atoms. The predicted octanol–water partition coefficient (Wildman–Crippen LogP) is 2.25. The second-order valence-electron chi connectivity index (χ2n) is 6.65. The van der Waals surface area contributed by atoms with Gasteiger partial charge < -0.3 is 10.6 Å². The molecule has 2 N–H and O–H groups in total. The summed E-state index contributed by atoms with van der Waals surface area (Å²) < 4.78 is 2.13. The molecule has 1 aromatic heterocycles. The van der Waals surface area contributed by atoms with Crippen LogP contribution in [0.15, 0.2) is 12.3 Å². The number of amides is 1. The minimum absolute atomic E-state index is 0.0581. The van der Waals surface area contributed by atoms with Crippen molar-refractivity contribution in [1.29, 1.82) is 0 Å². The molecule has 5 nitrogen and oxygen atoms in total. The van der Waals surface area contributed by atoms with Crippen LogP contribution in [0.4, 0.5) is 0 Å². The third-order valence-electron chi connectivity index (χ3n) is 4.33. The standard InChI is InChI=1S/C16H28N4O/c1-16(2,15(21)17-3)12-18-11-13-9-10-20(19-13)14-7-5-4-6-8-14/h9-10,14,18H,4-8,11-12H2,1-3H3,(H,17,21). The lowest BCUT2D eigenvalue weighted by Gasteiger charge is -2.23. The van der Waals surface area contributed by atoms with Crippen LogP contribution >= 0.6 is 0 Å². The Labute approximate surface area is 127 Å². The Morgan fingerprint density at radius 1 is 1.38 bits per heavy atom. The van der Waals surface area contributed by atoms with Gasteiger partial charge >= 0.3 is 0 Å². The van der Waals surface area contributed by atoms with Crippen molar-refractivity contribution in [3.63, 3.8) is 0 Å². The number of rotatable bonds is 6. The Hall–Kier alpha value is -1.36. The van der Waals surface area contributed by atoms with Gasteiger partial charge in [0.15, 0.2) is 0 Å². The molecule has 0 atom stereocenters. The highest BCUT2D eigenvalue weighted by atomic mass is 16.2. The summed E-state index contributed by atoms with van der Waals surface area (Å²) >= 11 is 0. The van der Waals surface area contributed by atoms with E-state index in [4.69, 9.17) is 0 Å². The molecule has 0 bridgehead atoms. The molecule has 2 rings (SSSR count). The number of aromatic nitrogens is 2. The summed E-state index contributed by atoms with van der Waals surface area (Å²) in [7, 11) is 1.68. The van der Waals surface area contributed by atoms with Crippen LogP contribution in [0.1, 0.15) is 57.7 Å². The van der Waals surface area contributed by atoms with Crippen molar-refractivity contribution in [3.05, 3.63) is 18.0 Å². The summed E-state index contributed by atoms with van der Waals surface area (Å²) in [4.78, 5) is 11.7. The molecule has 1 aliphatic rings. The van der Waals surface area contributed by atoms with E-state index in [9.17, 15) is 4.79 Å². The first-order valence-corrected chi connectivity index (χ1v) is 8.00. The van der Waals surface area contributed by atoms with E-state index in [1.807, 2.05) is 13.8 Å². The topological polar surface area (TPSA) is 59.0 Å². The third kappa shape index (κ3) is 4.30. The Morgan fingerprint density at radius 2 is 2.10 bits per heavy atom. The van der Waals surface area contributed by atoms with Gasteiger partial charge in [0.05, 0.1) is 17.2 Å². The zero-order valence-corrected chi connectivity index (χ0v) is 13.5. The zero-order valence-electron chi connectivity index (χ0n) is 13.5. The minimum atomic E-state index is -0.402. The monoisotopic (exact) mass is 292 g/mol. The first kappa shape index (κ1) is 16.0. The van der Waals surface area contributed by atoms with E-state index in [0.717, 1.165) is 5.69 Å². The number of carbonyl (C=O) groups is 1. The first-order chi connectivity index (χ1) is 10.0. The number of hydrogen-bond donors (Lipinski definition) is 2. The molecule has 0 spiro atoms. The van der Waals surface area contributed by atoms with Gasteiger partial charge in [-0.1, -0.05) is 19.3 Å². The van der Waals surface area contributed by atoms with Crippen LogP contribution in [-0.2, 0) is 11.3 Å². The molecule has 0 saturated heterocycles. The van der Waals surface area contributed by atoms with Gasteiger partial charge in [-0.25, -0.2) is 0 Å². The van der Waals surface area contributed by atoms with E-state index in [0.29, 0.717) is 19.1 Å². The summed E-state index contributed by atoms with van der Waals surface area (Å²) in [6.07, 6.45) is 8.59. The highest BCUT2D eigenvalue weighted by Crippen LogP contribution is 2.27. The fourth-order valence-corrected chi connectivity index (χ4v) is 2.94. The second kappa shape index (κ2) is 7.07. The van der Waals surface area contributed by atoms with Gasteiger partial charge in [0.25, 0.3) is 0 Å². The Kier molecular flexibility index (Phi) is 5.39. The number of carbonyl (C=O) groups excluding carboxylic acids is 1. The summed E-state index contributed by atoms with van der Waals surface area (Å²) in [5, 5.41) is 10.7. The van der Waals surface area contributed by atoms with Crippen molar-refractivity contribution in [2.24, 2.45) is 5.41 Å². The first-order valence-electron chi connectivity index (χ1n) is 8.00. The molecule has 1 heterocycles. The molecule has 118 valence electrons. The molecule has 0 radical (unpaired) electrons. The van der Waals surface area contributed by atoms with Gasteiger partial charge in [0.1, 0.15) is 0 Å². The van der Waals surface area contributed by atoms with Crippen LogP contribution in [0.5, 0.6) is 0 Å². The van der Waals surface area contributed by atoms with E-state index in [1.165, 1.54) is 32.1 Å². The molecular weight excluding hydrogens is 264 g/mol. The lowest BCUT2D eigenvalue weighted by Crippen LogP contribution is -2.41. The van der Waals surface area contributed by atoms with E-state index < -0.39 is 5.41 Å². The highest BCUT2D eigenvalue weighted by Gasteiger charge is 2.26. The predicted molar refractivity (Wildman–Crippen MR) is 83.9 cm³/mol. The van der Waals surface area contributed by atoms with Crippen LogP contribution in [0, 0.1) is 5.41 Å². The molecule has 5 heteroatoms. The van der Waals surface area contributed by atoms with Crippen LogP contribution < -0.4 is 10.6 Å². The Morgan fingerprint density at radius 3 is 2.76 bits per heavy atom. The third-order valence-corrected chi connectivity index (χ3v) is 4.33. The van der Waals surface area contributed by atoms with Gasteiger partial charge in [-0.15, -0.1) is 0 Å². The van der Waals surface area contributed by atoms with Gasteiger partial charge in [-0.2, -0.15) is 5.10 Å². The fourth-order valence-electron chi connectivity index (χ4n) is 2.94. The van der Waals surface area contributed by atoms with Crippen molar-refractivity contribution in [1.82, 2.24) is 20.4 Å². The number of nitrogens with zero attached hydrogens (tertiary/aromatic N) is 2. The van der Waals surface area contributed by atoms with Crippen molar-refractivity contribution in [2.75, 3.05) is 13.6 Å². The summed E-state index contributed by atoms with van der Waals surface area (Å²) in [6.45, 7) is 5.24. The largest absolute Gasteiger partial charge is 0.359 e. The van der Waals surface area contributed by atoms with E-state index in [-0.39, 0.29) is 5.91 Å². The van der Waals surface area contributed by atoms with Gasteiger partial charge in [-0.05, 0) is 32.8 Å². The van der Waals surface area contributed by atoms with Crippen molar-refractivity contribution in [3.8, 4) is 0 Å². The maximum Gasteiger partial charge on any atom is 0.226 e. The quantitative estimate of drug-likeness (QED) is 0.845. The maximum atomic E-state index is 11.7. The Bertz CT molecular complexity index is 461. The van der Waals surface area contributed by atoms with Gasteiger partial charge in [0.2, 0.25) is 5.91 Å². The molecule has 1 aliphatic carbocycles.